The molecule has 3 aliphatic heterocycles. The monoisotopic (exact) mass is 1150 g/mol. The molecule has 7 rings (SSSR count). The maximum atomic E-state index is 16.1. The zero-order chi connectivity index (χ0) is 59.4. The summed E-state index contributed by atoms with van der Waals surface area (Å²) in [6, 6.07) is 4.78. The molecule has 0 spiro atoms. The van der Waals surface area contributed by atoms with E-state index in [0.717, 1.165) is 65.6 Å². The van der Waals surface area contributed by atoms with E-state index in [1.54, 1.807) is 29.8 Å². The molecule has 2 aromatic heterocycles. The summed E-state index contributed by atoms with van der Waals surface area (Å²) in [4.78, 5) is 66.9. The molecule has 81 heavy (non-hydrogen) atoms. The first-order valence-electron chi connectivity index (χ1n) is 25.4. The number of alkyl halides is 8. The Morgan fingerprint density at radius 3 is 1.85 bits per heavy atom. The van der Waals surface area contributed by atoms with Gasteiger partial charge >= 0.3 is 31.1 Å². The Bertz CT molecular complexity index is 2910. The average molecular weight is 1160 g/mol. The largest absolute Gasteiger partial charge is 0.453 e. The van der Waals surface area contributed by atoms with Crippen molar-refractivity contribution in [2.75, 3.05) is 52.0 Å². The van der Waals surface area contributed by atoms with E-state index in [0.29, 0.717) is 85.6 Å². The number of aromatic nitrogens is 4. The number of hydrogen-bond donors (Lipinski definition) is 4. The number of aliphatic hydroxyl groups is 1. The molecule has 3 amide bonds. The number of carbonyl (C=O) groups excluding carboxylic acids is 4. The molecule has 5 heterocycles. The van der Waals surface area contributed by atoms with E-state index in [-0.39, 0.29) is 22.4 Å². The van der Waals surface area contributed by atoms with Crippen LogP contribution in [0.1, 0.15) is 75.8 Å². The van der Waals surface area contributed by atoms with Crippen molar-refractivity contribution in [1.82, 2.24) is 45.7 Å². The lowest BCUT2D eigenvalue weighted by Crippen LogP contribution is -2.62. The molecule has 3 saturated heterocycles. The molecule has 440 valence electrons. The Kier molecular flexibility index (Phi) is 19.0. The van der Waals surface area contributed by atoms with Crippen molar-refractivity contribution in [3.63, 3.8) is 0 Å². The van der Waals surface area contributed by atoms with Crippen LogP contribution in [0.4, 0.5) is 59.4 Å². The van der Waals surface area contributed by atoms with Gasteiger partial charge in [0.25, 0.3) is 5.91 Å². The number of piperazine rings is 1. The topological polar surface area (TPSA) is 206 Å². The van der Waals surface area contributed by atoms with Gasteiger partial charge in [-0.05, 0) is 88.8 Å². The number of nitrogens with one attached hydrogen (secondary N) is 3. The number of amides is 3. The van der Waals surface area contributed by atoms with E-state index >= 15 is 8.78 Å². The quantitative estimate of drug-likeness (QED) is 0.0396. The number of anilines is 1. The molecular weight excluding hydrogens is 1090 g/mol. The Balaban J connectivity index is 1.18. The predicted molar refractivity (Wildman–Crippen MR) is 268 cm³/mol. The summed E-state index contributed by atoms with van der Waals surface area (Å²) >= 11 is 0. The first-order valence-corrected chi connectivity index (χ1v) is 25.4. The number of halogens is 10. The number of fused-ring (bicyclic) bond motifs is 2. The van der Waals surface area contributed by atoms with Gasteiger partial charge in [-0.25, -0.2) is 38.0 Å². The smallest absolute Gasteiger partial charge is 0.407 e. The van der Waals surface area contributed by atoms with Crippen LogP contribution in [-0.4, -0.2) is 154 Å². The summed E-state index contributed by atoms with van der Waals surface area (Å²) in [5.41, 5.74) is -4.35. The van der Waals surface area contributed by atoms with E-state index in [9.17, 15) is 59.4 Å². The highest BCUT2D eigenvalue weighted by molar-refractivity contribution is 5.89. The van der Waals surface area contributed by atoms with E-state index in [4.69, 9.17) is 4.74 Å². The summed E-state index contributed by atoms with van der Waals surface area (Å²) in [7, 11) is 1.63. The number of Topliss-reactive ketones (excluding diaryl/α,β-unsaturated/α-hetero) is 1. The van der Waals surface area contributed by atoms with Gasteiger partial charge in [-0.15, -0.1) is 0 Å². The molecule has 2 unspecified atom stereocenters. The third-order valence-electron chi connectivity index (χ3n) is 15.0. The first-order chi connectivity index (χ1) is 38.0. The minimum absolute atomic E-state index is 0.203. The second-order valence-corrected chi connectivity index (χ2v) is 21.2. The Hall–Kier alpha value is -7.09. The fraction of sp³-hybridized carbons (Fsp3) is 0.528. The summed E-state index contributed by atoms with van der Waals surface area (Å²) in [5, 5.41) is 20.0. The van der Waals surface area contributed by atoms with Crippen molar-refractivity contribution in [2.45, 2.75) is 115 Å². The molecule has 3 fully saturated rings. The van der Waals surface area contributed by atoms with Gasteiger partial charge in [0.1, 0.15) is 23.7 Å². The Morgan fingerprint density at radius 1 is 0.802 bits per heavy atom. The molecule has 6 atom stereocenters. The molecule has 0 saturated carbocycles. The highest BCUT2D eigenvalue weighted by Gasteiger charge is 2.57. The van der Waals surface area contributed by atoms with Gasteiger partial charge in [0, 0.05) is 80.0 Å². The van der Waals surface area contributed by atoms with Crippen LogP contribution < -0.4 is 21.0 Å². The van der Waals surface area contributed by atoms with Crippen LogP contribution in [-0.2, 0) is 36.8 Å². The van der Waals surface area contributed by atoms with Crippen molar-refractivity contribution < 1.29 is 82.4 Å². The van der Waals surface area contributed by atoms with Crippen LogP contribution in [0.3, 0.4) is 0 Å². The minimum atomic E-state index is -5.22. The number of methoxy groups -OCH3 is 2. The number of benzene rings is 2. The van der Waals surface area contributed by atoms with Crippen molar-refractivity contribution in [1.29, 1.82) is 0 Å². The van der Waals surface area contributed by atoms with Crippen LogP contribution in [0.15, 0.2) is 61.1 Å². The number of aliphatic hydroxyl groups excluding tert-OH is 1. The van der Waals surface area contributed by atoms with Gasteiger partial charge in [-0.3, -0.25) is 19.9 Å². The zero-order valence-corrected chi connectivity index (χ0v) is 44.7. The molecule has 4 N–H and O–H groups in total. The highest BCUT2D eigenvalue weighted by atomic mass is 19.4. The fourth-order valence-corrected chi connectivity index (χ4v) is 9.89. The van der Waals surface area contributed by atoms with E-state index in [1.807, 2.05) is 5.32 Å². The summed E-state index contributed by atoms with van der Waals surface area (Å²) in [6.07, 6.45) is -10.5. The lowest BCUT2D eigenvalue weighted by atomic mass is 9.77. The predicted octanol–water partition coefficient (Wildman–Crippen LogP) is 7.10. The first kappa shape index (κ1) is 61.5. The number of nitrogens with zero attached hydrogens (tertiary/aromatic N) is 7. The summed E-state index contributed by atoms with van der Waals surface area (Å²) < 4.78 is 161. The van der Waals surface area contributed by atoms with Gasteiger partial charge in [-0.1, -0.05) is 24.0 Å². The second kappa shape index (κ2) is 25.0. The summed E-state index contributed by atoms with van der Waals surface area (Å²) in [5.74, 6) is -0.778. The van der Waals surface area contributed by atoms with Gasteiger partial charge in [0.05, 0.1) is 61.7 Å². The maximum absolute atomic E-state index is 16.1. The molecule has 0 radical (unpaired) electrons. The number of hydrazine groups is 1. The standard InChI is InChI=1S/C53H60F10N10O8/c1-50(2,52(58,59)60)43(66-48(77)79-5)41(74)20-33(17-30-10-7-29(8-11-30)9-12-31-21-64-47(65-22-31)70-23-34-13-14-35(24-70)73(34)36-27-81-28-36)42(75)26-71(69-45(76)44(67-49(78)80-6)51(3,4)53(61,62)63)25-37-38(54)18-32(19-39(37)55)40-15-16-72(68-40)46(56)57/h7-8,10-11,15-16,18-19,21-22,33-36,42-44,46,75H,13-14,17,20,23-28H2,1-6H3,(H,66,77)(H,67,78)(H,69,76)/t33-,34?,35?,42+,43-,44-/m1/s1. The molecule has 18 nitrogen and oxygen atoms in total. The average Bonchev–Trinajstić information content (AvgIpc) is 3.98. The van der Waals surface area contributed by atoms with Crippen molar-refractivity contribution in [3.8, 4) is 23.1 Å². The Morgan fingerprint density at radius 2 is 1.35 bits per heavy atom. The van der Waals surface area contributed by atoms with Crippen molar-refractivity contribution in [3.05, 3.63) is 94.9 Å². The molecule has 3 aliphatic rings. The maximum Gasteiger partial charge on any atom is 0.407 e. The molecule has 4 aromatic rings. The lowest BCUT2D eigenvalue weighted by molar-refractivity contribution is -0.221. The fourth-order valence-electron chi connectivity index (χ4n) is 9.89. The molecule has 28 heteroatoms. The normalized spacial score (nSPS) is 18.5. The number of hydrogen-bond acceptors (Lipinski definition) is 14. The van der Waals surface area contributed by atoms with Gasteiger partial charge in [0.2, 0.25) is 5.95 Å². The van der Waals surface area contributed by atoms with Crippen LogP contribution >= 0.6 is 0 Å². The van der Waals surface area contributed by atoms with E-state index in [1.165, 1.54) is 12.1 Å². The molecule has 0 aliphatic carbocycles. The van der Waals surface area contributed by atoms with Crippen molar-refractivity contribution in [2.24, 2.45) is 16.7 Å². The lowest BCUT2D eigenvalue weighted by Gasteiger charge is -2.47. The number of ether oxygens (including phenoxy) is 3. The van der Waals surface area contributed by atoms with Gasteiger partial charge in [-0.2, -0.15) is 40.2 Å². The number of ketones is 1. The molecule has 2 aromatic carbocycles. The van der Waals surface area contributed by atoms with E-state index < -0.39 is 114 Å². The van der Waals surface area contributed by atoms with Gasteiger partial charge in [0.15, 0.2) is 5.78 Å². The number of rotatable bonds is 20. The van der Waals surface area contributed by atoms with Crippen LogP contribution in [0.5, 0.6) is 0 Å². The Labute approximate surface area is 458 Å². The highest BCUT2D eigenvalue weighted by Crippen LogP contribution is 2.43. The van der Waals surface area contributed by atoms with Crippen LogP contribution in [0, 0.1) is 40.2 Å². The third-order valence-corrected chi connectivity index (χ3v) is 15.0. The number of alkyl carbamates (subject to hydrolysis) is 2. The summed E-state index contributed by atoms with van der Waals surface area (Å²) in [6.45, 7) is 0.0685. The van der Waals surface area contributed by atoms with Crippen molar-refractivity contribution >= 4 is 29.8 Å². The molecular formula is C53H60F10N10O8. The third kappa shape index (κ3) is 14.3. The SMILES string of the molecule is COC(=O)N[C@H](C(=O)C[C@@H](Cc1ccc(C#Cc2cnc(N3CC4CCC(C3)N4C3COC3)nc2)cc1)[C@@H](O)CN(Cc1c(F)cc(-c2ccn(C(F)F)n2)cc1F)NC(=O)[C@@H](NC(=O)OC)C(C)(C)C(F)(F)F)C(C)(C)C(F)(F)F. The zero-order valence-electron chi connectivity index (χ0n) is 44.7. The number of carbonyl (C=O) groups is 4. The van der Waals surface area contributed by atoms with Gasteiger partial charge < -0.3 is 34.9 Å². The second-order valence-electron chi connectivity index (χ2n) is 21.2. The van der Waals surface area contributed by atoms with Crippen LogP contribution in [0.2, 0.25) is 0 Å². The van der Waals surface area contributed by atoms with Crippen LogP contribution in [0.25, 0.3) is 11.3 Å². The molecule has 2 bridgehead atoms. The van der Waals surface area contributed by atoms with E-state index in [2.05, 4.69) is 51.6 Å². The minimum Gasteiger partial charge on any atom is -0.453 e.